The first kappa shape index (κ1) is 54.3. The van der Waals surface area contributed by atoms with Crippen LogP contribution in [-0.4, -0.2) is 26.5 Å². The molecule has 0 saturated heterocycles. The van der Waals surface area contributed by atoms with Crippen LogP contribution < -0.4 is 0 Å². The minimum absolute atomic E-state index is 0.0427. The summed E-state index contributed by atoms with van der Waals surface area (Å²) < 4.78 is 5.05. The van der Waals surface area contributed by atoms with Crippen molar-refractivity contribution in [3.8, 4) is 0 Å². The van der Waals surface area contributed by atoms with Crippen molar-refractivity contribution in [3.63, 3.8) is 0 Å². The average molecular weight is 1030 g/mol. The predicted molar refractivity (Wildman–Crippen MR) is 331 cm³/mol. The lowest BCUT2D eigenvalue weighted by molar-refractivity contribution is -0.121. The summed E-state index contributed by atoms with van der Waals surface area (Å²) in [7, 11) is 0. The number of hydrogen-bond acceptors (Lipinski definition) is 3. The van der Waals surface area contributed by atoms with Crippen LogP contribution in [0.25, 0.3) is 65.2 Å². The van der Waals surface area contributed by atoms with Crippen LogP contribution >= 0.6 is 0 Å². The van der Waals surface area contributed by atoms with Gasteiger partial charge in [-0.25, -0.2) is 0 Å². The molecular weight excluding hydrogens is 953 g/mol. The first-order valence-electron chi connectivity index (χ1n) is 29.3. The quantitative estimate of drug-likeness (QED) is 0.0715. The van der Waals surface area contributed by atoms with Gasteiger partial charge < -0.3 is 9.13 Å². The van der Waals surface area contributed by atoms with E-state index in [9.17, 15) is 0 Å². The van der Waals surface area contributed by atoms with Gasteiger partial charge in [0.2, 0.25) is 0 Å². The van der Waals surface area contributed by atoms with Gasteiger partial charge in [0.15, 0.2) is 11.6 Å². The smallest absolute Gasteiger partial charge is 0.194 e. The summed E-state index contributed by atoms with van der Waals surface area (Å²) >= 11 is 0. The highest BCUT2D eigenvalue weighted by atomic mass is 16.1. The Kier molecular flexibility index (Phi) is 15.5. The summed E-state index contributed by atoms with van der Waals surface area (Å²) in [5.74, 6) is 0.402. The zero-order valence-electron chi connectivity index (χ0n) is 48.5. The molecule has 0 radical (unpaired) electrons. The number of rotatable bonds is 20. The van der Waals surface area contributed by atoms with Crippen molar-refractivity contribution in [1.29, 1.82) is 0 Å². The SMILES string of the molecule is CCCCC(CC)Cn1c2ccc(C(C)C(=O)C(C)c3ccc4c(c3)c3cc(C(=O)c5c(C)cc(C)cc5C)c5ccccc5c3n4CC(CC)CCCC)cc2c2cc(C(=O)c3c(C)cc(C)cc3C)c3ccccc3c21. The van der Waals surface area contributed by atoms with Crippen LogP contribution in [0.2, 0.25) is 0 Å². The van der Waals surface area contributed by atoms with Gasteiger partial charge in [0.05, 0.1) is 11.0 Å². The maximum Gasteiger partial charge on any atom is 0.194 e. The van der Waals surface area contributed by atoms with E-state index in [-0.39, 0.29) is 17.3 Å². The fourth-order valence-electron chi connectivity index (χ4n) is 13.7. The molecule has 0 aliphatic heterocycles. The lowest BCUT2D eigenvalue weighted by Crippen LogP contribution is -2.16. The number of benzene rings is 8. The van der Waals surface area contributed by atoms with E-state index in [4.69, 9.17) is 0 Å². The van der Waals surface area contributed by atoms with Crippen LogP contribution in [0.1, 0.15) is 181 Å². The Bertz CT molecular complexity index is 3690. The van der Waals surface area contributed by atoms with Crippen molar-refractivity contribution in [1.82, 2.24) is 9.13 Å². The molecule has 10 aromatic rings. The van der Waals surface area contributed by atoms with Gasteiger partial charge in [-0.2, -0.15) is 0 Å². The molecule has 8 aromatic carbocycles. The number of ketones is 3. The highest BCUT2D eigenvalue weighted by molar-refractivity contribution is 6.28. The number of nitrogens with zero attached hydrogens (tertiary/aromatic N) is 2. The normalized spacial score (nSPS) is 13.6. The van der Waals surface area contributed by atoms with Crippen molar-refractivity contribution in [2.75, 3.05) is 0 Å². The minimum Gasteiger partial charge on any atom is -0.340 e. The van der Waals surface area contributed by atoms with Gasteiger partial charge in [0, 0.05) is 90.5 Å². The van der Waals surface area contributed by atoms with Gasteiger partial charge in [0.25, 0.3) is 0 Å². The van der Waals surface area contributed by atoms with Gasteiger partial charge in [0.1, 0.15) is 5.78 Å². The van der Waals surface area contributed by atoms with E-state index in [0.717, 1.165) is 172 Å². The van der Waals surface area contributed by atoms with Crippen LogP contribution in [-0.2, 0) is 17.9 Å². The predicted octanol–water partition coefficient (Wildman–Crippen LogP) is 19.4. The van der Waals surface area contributed by atoms with Gasteiger partial charge in [-0.15, -0.1) is 0 Å². The molecule has 0 amide bonds. The molecule has 10 rings (SSSR count). The van der Waals surface area contributed by atoms with Crippen LogP contribution in [0, 0.1) is 53.4 Å². The number of Topliss-reactive ketones (excluding diaryl/α,β-unsaturated/α-hetero) is 1. The Labute approximate surface area is 463 Å². The molecule has 5 heteroatoms. The summed E-state index contributed by atoms with van der Waals surface area (Å²) in [5.41, 5.74) is 15.7. The van der Waals surface area contributed by atoms with Gasteiger partial charge in [-0.05, 0) is 147 Å². The zero-order valence-corrected chi connectivity index (χ0v) is 48.5. The highest BCUT2D eigenvalue weighted by Crippen LogP contribution is 2.43. The molecule has 0 fully saturated rings. The number of fused-ring (bicyclic) bond motifs is 10. The average Bonchev–Trinajstić information content (AvgIpc) is 4.09. The summed E-state index contributed by atoms with van der Waals surface area (Å²) in [4.78, 5) is 45.2. The van der Waals surface area contributed by atoms with Crippen LogP contribution in [0.3, 0.4) is 0 Å². The molecular formula is C73H80N2O3. The van der Waals surface area contributed by atoms with Gasteiger partial charge in [-0.1, -0.05) is 176 Å². The third-order valence-electron chi connectivity index (χ3n) is 17.9. The maximum atomic E-state index is 15.2. The fourth-order valence-corrected chi connectivity index (χ4v) is 13.7. The molecule has 0 saturated carbocycles. The third kappa shape index (κ3) is 9.70. The van der Waals surface area contributed by atoms with E-state index < -0.39 is 11.8 Å². The highest BCUT2D eigenvalue weighted by Gasteiger charge is 2.29. The maximum absolute atomic E-state index is 15.2. The minimum atomic E-state index is -0.412. The second-order valence-electron chi connectivity index (χ2n) is 23.4. The van der Waals surface area contributed by atoms with Crippen LogP contribution in [0.4, 0.5) is 0 Å². The van der Waals surface area contributed by atoms with Crippen LogP contribution in [0.5, 0.6) is 0 Å². The molecule has 0 N–H and O–H groups in total. The Morgan fingerprint density at radius 2 is 0.782 bits per heavy atom. The molecule has 2 heterocycles. The lowest BCUT2D eigenvalue weighted by Gasteiger charge is -2.20. The first-order chi connectivity index (χ1) is 37.6. The van der Waals surface area contributed by atoms with Crippen LogP contribution in [0.15, 0.2) is 121 Å². The number of carbonyl (C=O) groups is 3. The topological polar surface area (TPSA) is 61.1 Å². The molecule has 78 heavy (non-hydrogen) atoms. The van der Waals surface area contributed by atoms with E-state index in [1.54, 1.807) is 0 Å². The monoisotopic (exact) mass is 1030 g/mol. The van der Waals surface area contributed by atoms with Gasteiger partial charge in [-0.3, -0.25) is 14.4 Å². The molecule has 5 nitrogen and oxygen atoms in total. The summed E-state index contributed by atoms with van der Waals surface area (Å²) in [6, 6.07) is 43.0. The van der Waals surface area contributed by atoms with E-state index in [2.05, 4.69) is 214 Å². The van der Waals surface area contributed by atoms with Crippen molar-refractivity contribution >= 4 is 82.5 Å². The summed E-state index contributed by atoms with van der Waals surface area (Å²) in [6.45, 7) is 27.4. The number of unbranched alkanes of at least 4 members (excludes halogenated alkanes) is 2. The largest absolute Gasteiger partial charge is 0.340 e. The van der Waals surface area contributed by atoms with Crippen molar-refractivity contribution in [3.05, 3.63) is 188 Å². The Morgan fingerprint density at radius 3 is 1.13 bits per heavy atom. The molecule has 0 aliphatic rings. The number of carbonyl (C=O) groups excluding carboxylic acids is 3. The lowest BCUT2D eigenvalue weighted by atomic mass is 9.84. The number of aryl methyl sites for hydroxylation is 6. The van der Waals surface area contributed by atoms with Crippen molar-refractivity contribution in [2.24, 2.45) is 11.8 Å². The Balaban J connectivity index is 1.11. The summed E-state index contributed by atoms with van der Waals surface area (Å²) in [6.07, 6.45) is 9.16. The molecule has 0 spiro atoms. The van der Waals surface area contributed by atoms with Gasteiger partial charge >= 0.3 is 0 Å². The molecule has 4 atom stereocenters. The van der Waals surface area contributed by atoms with Crippen molar-refractivity contribution in [2.45, 2.75) is 159 Å². The standard InChI is InChI=1S/C73H80N2O3/c1-13-17-23-51(15-3)41-74-65-31-29-53(37-59(65)61-39-63(55-25-19-21-27-57(55)69(61)74)72(77)67-45(7)33-43(5)34-46(67)8)49(11)71(76)50(12)54-30-32-66-60(38-54)62-40-64(73(78)68-47(9)35-44(6)36-48(68)10)56-26-20-22-28-58(56)70(62)75(66)42-52(16-4)24-18-14-2/h19-22,25-40,49-52H,13-18,23-24,41-42H2,1-12H3. The Hall–Kier alpha value is -7.11. The van der Waals surface area contributed by atoms with E-state index in [1.807, 2.05) is 0 Å². The molecule has 0 bridgehead atoms. The van der Waals surface area contributed by atoms with Crippen molar-refractivity contribution < 1.29 is 14.4 Å². The Morgan fingerprint density at radius 1 is 0.423 bits per heavy atom. The first-order valence-corrected chi connectivity index (χ1v) is 29.3. The second kappa shape index (κ2) is 22.3. The molecule has 400 valence electrons. The second-order valence-corrected chi connectivity index (χ2v) is 23.4. The third-order valence-corrected chi connectivity index (χ3v) is 17.9. The summed E-state index contributed by atoms with van der Waals surface area (Å²) in [5, 5.41) is 8.33. The fraction of sp³-hybridized carbons (Fsp3) is 0.356. The van der Waals surface area contributed by atoms with E-state index in [1.165, 1.54) is 12.8 Å². The molecule has 2 aromatic heterocycles. The van der Waals surface area contributed by atoms with E-state index in [0.29, 0.717) is 23.0 Å². The number of hydrogen-bond donors (Lipinski definition) is 0. The molecule has 4 unspecified atom stereocenters. The molecule has 0 aliphatic carbocycles. The zero-order chi connectivity index (χ0) is 55.3. The van der Waals surface area contributed by atoms with E-state index >= 15 is 14.4 Å². The number of aromatic nitrogens is 2.